The van der Waals surface area contributed by atoms with Gasteiger partial charge in [-0.3, -0.25) is 15.0 Å². The summed E-state index contributed by atoms with van der Waals surface area (Å²) in [5, 5.41) is 17.8. The van der Waals surface area contributed by atoms with E-state index in [4.69, 9.17) is 10.2 Å². The topological polar surface area (TPSA) is 76.0 Å². The van der Waals surface area contributed by atoms with E-state index in [2.05, 4.69) is 9.47 Å². The van der Waals surface area contributed by atoms with Crippen molar-refractivity contribution in [2.75, 3.05) is 0 Å². The Labute approximate surface area is 73.1 Å². The van der Waals surface area contributed by atoms with Crippen LogP contribution in [-0.2, 0) is 0 Å². The second-order valence-electron chi connectivity index (χ2n) is 2.58. The second-order valence-corrected chi connectivity index (χ2v) is 2.58. The average molecular weight is 182 g/mol. The van der Waals surface area contributed by atoms with Gasteiger partial charge in [-0.25, -0.2) is 0 Å². The van der Waals surface area contributed by atoms with Crippen molar-refractivity contribution < 1.29 is 24.5 Å². The van der Waals surface area contributed by atoms with Crippen LogP contribution in [0.4, 0.5) is 0 Å². The predicted molar refractivity (Wildman–Crippen MR) is 40.3 cm³/mol. The van der Waals surface area contributed by atoms with E-state index in [0.717, 1.165) is 0 Å². The summed E-state index contributed by atoms with van der Waals surface area (Å²) in [6.45, 7) is 0. The van der Waals surface area contributed by atoms with E-state index in [-0.39, 0.29) is 11.5 Å². The number of aliphatic hydroxyl groups is 2. The lowest BCUT2D eigenvalue weighted by molar-refractivity contribution is -0.385. The highest BCUT2D eigenvalue weighted by atomic mass is 17.0. The van der Waals surface area contributed by atoms with Gasteiger partial charge in [0, 0.05) is 5.56 Å². The molecule has 1 aliphatic rings. The summed E-state index contributed by atoms with van der Waals surface area (Å²) in [6, 6.07) is 4.26. The Morgan fingerprint density at radius 1 is 1.23 bits per heavy atom. The first-order valence-corrected chi connectivity index (χ1v) is 3.53. The van der Waals surface area contributed by atoms with Gasteiger partial charge in [0.1, 0.15) is 6.29 Å². The summed E-state index contributed by atoms with van der Waals surface area (Å²) < 4.78 is 9.13. The van der Waals surface area contributed by atoms with E-state index in [1.807, 2.05) is 0 Å². The molecule has 1 aromatic rings. The first-order chi connectivity index (χ1) is 6.11. The average Bonchev–Trinajstić information content (AvgIpc) is 2.36. The zero-order chi connectivity index (χ0) is 9.47. The number of hydrogen-bond acceptors (Lipinski definition) is 5. The summed E-state index contributed by atoms with van der Waals surface area (Å²) in [4.78, 5) is 10.3. The number of carbonyl (C=O) groups excluding carboxylic acids is 1. The fraction of sp³-hybridized carbons (Fsp3) is 0.125. The van der Waals surface area contributed by atoms with E-state index >= 15 is 0 Å². The van der Waals surface area contributed by atoms with Gasteiger partial charge in [0.15, 0.2) is 11.5 Å². The van der Waals surface area contributed by atoms with E-state index in [0.29, 0.717) is 11.8 Å². The molecule has 0 bridgehead atoms. The van der Waals surface area contributed by atoms with Crippen molar-refractivity contribution in [3.05, 3.63) is 23.8 Å². The van der Waals surface area contributed by atoms with Gasteiger partial charge < -0.3 is 9.47 Å². The van der Waals surface area contributed by atoms with E-state index in [1.54, 1.807) is 0 Å². The Balaban J connectivity index is 2.41. The maximum Gasteiger partial charge on any atom is 0.505 e. The van der Waals surface area contributed by atoms with Crippen molar-refractivity contribution in [1.29, 1.82) is 0 Å². The highest BCUT2D eigenvalue weighted by molar-refractivity contribution is 5.76. The fourth-order valence-electron chi connectivity index (χ4n) is 1.07. The SMILES string of the molecule is O=Cc1ccc2c(c1)OC(O)(O)O2. The van der Waals surface area contributed by atoms with Crippen LogP contribution in [0.15, 0.2) is 18.2 Å². The molecule has 0 radical (unpaired) electrons. The molecule has 0 atom stereocenters. The quantitative estimate of drug-likeness (QED) is 0.467. The first-order valence-electron chi connectivity index (χ1n) is 3.53. The summed E-state index contributed by atoms with van der Waals surface area (Å²) in [5.41, 5.74) is 0.375. The monoisotopic (exact) mass is 182 g/mol. The van der Waals surface area contributed by atoms with Gasteiger partial charge in [0.25, 0.3) is 0 Å². The van der Waals surface area contributed by atoms with Crippen molar-refractivity contribution in [3.8, 4) is 11.5 Å². The molecule has 1 aliphatic heterocycles. The van der Waals surface area contributed by atoms with E-state index in [1.165, 1.54) is 18.2 Å². The van der Waals surface area contributed by atoms with Gasteiger partial charge in [0.2, 0.25) is 0 Å². The van der Waals surface area contributed by atoms with Crippen molar-refractivity contribution in [1.82, 2.24) is 0 Å². The zero-order valence-electron chi connectivity index (χ0n) is 6.43. The largest absolute Gasteiger partial charge is 0.505 e. The molecule has 13 heavy (non-hydrogen) atoms. The second kappa shape index (κ2) is 2.45. The number of hydrogen-bond donors (Lipinski definition) is 2. The maximum atomic E-state index is 10.3. The Morgan fingerprint density at radius 2 is 1.92 bits per heavy atom. The van der Waals surface area contributed by atoms with Gasteiger partial charge >= 0.3 is 6.16 Å². The molecule has 5 heteroatoms. The molecule has 0 unspecified atom stereocenters. The molecule has 1 aromatic carbocycles. The molecular formula is C8H6O5. The Kier molecular flexibility index (Phi) is 1.51. The first kappa shape index (κ1) is 8.03. The smallest absolute Gasteiger partial charge is 0.403 e. The van der Waals surface area contributed by atoms with Gasteiger partial charge in [0.05, 0.1) is 0 Å². The zero-order valence-corrected chi connectivity index (χ0v) is 6.43. The Bertz CT molecular complexity index is 358. The van der Waals surface area contributed by atoms with Crippen LogP contribution in [-0.4, -0.2) is 22.7 Å². The van der Waals surface area contributed by atoms with Crippen LogP contribution in [0.5, 0.6) is 11.5 Å². The molecule has 0 fully saturated rings. The lowest BCUT2D eigenvalue weighted by Crippen LogP contribution is -2.37. The highest BCUT2D eigenvalue weighted by Crippen LogP contribution is 2.37. The van der Waals surface area contributed by atoms with E-state index in [9.17, 15) is 4.79 Å². The van der Waals surface area contributed by atoms with Gasteiger partial charge in [-0.15, -0.1) is 0 Å². The van der Waals surface area contributed by atoms with Crippen molar-refractivity contribution in [2.24, 2.45) is 0 Å². The molecule has 2 N–H and O–H groups in total. The van der Waals surface area contributed by atoms with Crippen molar-refractivity contribution >= 4 is 6.29 Å². The minimum Gasteiger partial charge on any atom is -0.403 e. The highest BCUT2D eigenvalue weighted by Gasteiger charge is 2.37. The number of carbonyl (C=O) groups is 1. The third-order valence-electron chi connectivity index (χ3n) is 1.59. The maximum absolute atomic E-state index is 10.3. The number of fused-ring (bicyclic) bond motifs is 1. The molecule has 5 nitrogen and oxygen atoms in total. The Morgan fingerprint density at radius 3 is 2.62 bits per heavy atom. The minimum atomic E-state index is -2.62. The molecular weight excluding hydrogens is 176 g/mol. The lowest BCUT2D eigenvalue weighted by atomic mass is 10.2. The van der Waals surface area contributed by atoms with Crippen LogP contribution in [0.1, 0.15) is 10.4 Å². The number of rotatable bonds is 1. The summed E-state index contributed by atoms with van der Waals surface area (Å²) in [7, 11) is 0. The summed E-state index contributed by atoms with van der Waals surface area (Å²) in [6.07, 6.45) is -2.00. The van der Waals surface area contributed by atoms with Crippen LogP contribution in [0, 0.1) is 0 Å². The molecule has 0 aliphatic carbocycles. The van der Waals surface area contributed by atoms with Crippen molar-refractivity contribution in [2.45, 2.75) is 6.16 Å². The van der Waals surface area contributed by atoms with Crippen LogP contribution < -0.4 is 9.47 Å². The molecule has 68 valence electrons. The summed E-state index contributed by atoms with van der Waals surface area (Å²) in [5.74, 6) is 0.324. The third-order valence-corrected chi connectivity index (χ3v) is 1.59. The molecule has 2 rings (SSSR count). The van der Waals surface area contributed by atoms with Gasteiger partial charge in [-0.05, 0) is 18.2 Å². The van der Waals surface area contributed by atoms with Crippen LogP contribution in [0.25, 0.3) is 0 Å². The minimum absolute atomic E-state index is 0.134. The van der Waals surface area contributed by atoms with Gasteiger partial charge in [-0.2, -0.15) is 0 Å². The molecule has 0 amide bonds. The van der Waals surface area contributed by atoms with Crippen LogP contribution in [0.3, 0.4) is 0 Å². The molecule has 0 saturated carbocycles. The summed E-state index contributed by atoms with van der Waals surface area (Å²) >= 11 is 0. The molecule has 0 spiro atoms. The number of aldehydes is 1. The number of ether oxygens (including phenoxy) is 2. The normalized spacial score (nSPS) is 17.1. The Hall–Kier alpha value is -1.59. The predicted octanol–water partition coefficient (Wildman–Crippen LogP) is -0.134. The third kappa shape index (κ3) is 1.34. The lowest BCUT2D eigenvalue weighted by Gasteiger charge is -2.10. The number of benzene rings is 1. The van der Waals surface area contributed by atoms with Gasteiger partial charge in [-0.1, -0.05) is 0 Å². The van der Waals surface area contributed by atoms with Crippen molar-refractivity contribution in [3.63, 3.8) is 0 Å². The van der Waals surface area contributed by atoms with E-state index < -0.39 is 6.16 Å². The fourth-order valence-corrected chi connectivity index (χ4v) is 1.07. The molecule has 1 heterocycles. The molecule has 0 saturated heterocycles. The molecule has 0 aromatic heterocycles. The van der Waals surface area contributed by atoms with Crippen LogP contribution in [0.2, 0.25) is 0 Å². The van der Waals surface area contributed by atoms with Crippen LogP contribution >= 0.6 is 0 Å². The standard InChI is InChI=1S/C8H6O5/c9-4-5-1-2-6-7(3-5)13-8(10,11)12-6/h1-4,10-11H.